The second-order valence-electron chi connectivity index (χ2n) is 5.30. The van der Waals surface area contributed by atoms with Crippen molar-refractivity contribution >= 4 is 23.4 Å². The Balaban J connectivity index is 1.78. The topological polar surface area (TPSA) is 32.3 Å². The monoisotopic (exact) mass is 278 g/mol. The average molecular weight is 278 g/mol. The maximum Gasteiger partial charge on any atom is 0.252 e. The third-order valence-electron chi connectivity index (χ3n) is 3.84. The lowest BCUT2D eigenvalue weighted by Crippen LogP contribution is -2.28. The predicted octanol–water partition coefficient (Wildman–Crippen LogP) is 3.73. The molecule has 3 rings (SSSR count). The van der Waals surface area contributed by atoms with E-state index in [1.54, 1.807) is 11.0 Å². The molecule has 1 N–H and O–H groups in total. The minimum atomic E-state index is -0.00863. The van der Waals surface area contributed by atoms with Crippen LogP contribution < -0.4 is 10.2 Å². The summed E-state index contributed by atoms with van der Waals surface area (Å²) in [6, 6.07) is 14.0. The van der Waals surface area contributed by atoms with Gasteiger partial charge < -0.3 is 5.32 Å². The number of hydrogen-bond donors (Lipinski definition) is 1. The van der Waals surface area contributed by atoms with Gasteiger partial charge in [0.1, 0.15) is 0 Å². The Morgan fingerprint density at radius 3 is 2.76 bits per heavy atom. The van der Waals surface area contributed by atoms with Crippen LogP contribution >= 0.6 is 0 Å². The highest BCUT2D eigenvalue weighted by Gasteiger charge is 2.21. The van der Waals surface area contributed by atoms with Crippen LogP contribution in [-0.2, 0) is 4.79 Å². The first-order valence-electron chi connectivity index (χ1n) is 7.05. The molecular weight excluding hydrogens is 260 g/mol. The van der Waals surface area contributed by atoms with Crippen LogP contribution in [0.15, 0.2) is 48.5 Å². The number of carbonyl (C=O) groups is 1. The van der Waals surface area contributed by atoms with E-state index in [1.807, 2.05) is 36.4 Å². The van der Waals surface area contributed by atoms with Crippen LogP contribution in [0.4, 0.5) is 11.4 Å². The number of fused-ring (bicyclic) bond motifs is 1. The quantitative estimate of drug-likeness (QED) is 0.849. The van der Waals surface area contributed by atoms with E-state index < -0.39 is 0 Å². The summed E-state index contributed by atoms with van der Waals surface area (Å²) in [7, 11) is 0. The van der Waals surface area contributed by atoms with E-state index >= 15 is 0 Å². The third-order valence-corrected chi connectivity index (χ3v) is 3.84. The standard InChI is InChI=1S/C18H18N2O/c1-13-7-8-15(11-14(13)2)9-10-18(21)20-12-19-16-5-3-4-6-17(16)20/h3-11,19H,12H2,1-2H3/b10-9+. The third kappa shape index (κ3) is 2.68. The first-order valence-corrected chi connectivity index (χ1v) is 7.05. The molecular formula is C18H18N2O. The summed E-state index contributed by atoms with van der Waals surface area (Å²) < 4.78 is 0. The number of benzene rings is 2. The first kappa shape index (κ1) is 13.4. The van der Waals surface area contributed by atoms with Gasteiger partial charge in [0.2, 0.25) is 0 Å². The van der Waals surface area contributed by atoms with Crippen LogP contribution in [0.5, 0.6) is 0 Å². The molecule has 1 aliphatic rings. The minimum absolute atomic E-state index is 0.00863. The van der Waals surface area contributed by atoms with Gasteiger partial charge in [-0.15, -0.1) is 0 Å². The van der Waals surface area contributed by atoms with Crippen LogP contribution in [0, 0.1) is 13.8 Å². The highest BCUT2D eigenvalue weighted by molar-refractivity contribution is 6.07. The Kier molecular flexibility index (Phi) is 3.48. The van der Waals surface area contributed by atoms with Crippen LogP contribution in [-0.4, -0.2) is 12.6 Å². The highest BCUT2D eigenvalue weighted by Crippen LogP contribution is 2.30. The van der Waals surface area contributed by atoms with E-state index in [0.29, 0.717) is 6.67 Å². The number of nitrogens with one attached hydrogen (secondary N) is 1. The van der Waals surface area contributed by atoms with Gasteiger partial charge in [0.05, 0.1) is 18.0 Å². The van der Waals surface area contributed by atoms with Gasteiger partial charge in [-0.05, 0) is 48.7 Å². The smallest absolute Gasteiger partial charge is 0.252 e. The molecule has 0 aromatic heterocycles. The normalized spacial score (nSPS) is 13.3. The van der Waals surface area contributed by atoms with Gasteiger partial charge in [0.25, 0.3) is 5.91 Å². The number of carbonyl (C=O) groups excluding carboxylic acids is 1. The molecule has 106 valence electrons. The Morgan fingerprint density at radius 2 is 1.95 bits per heavy atom. The number of rotatable bonds is 2. The van der Waals surface area contributed by atoms with Crippen molar-refractivity contribution in [1.29, 1.82) is 0 Å². The summed E-state index contributed by atoms with van der Waals surface area (Å²) in [6.45, 7) is 4.69. The van der Waals surface area contributed by atoms with Gasteiger partial charge in [-0.3, -0.25) is 9.69 Å². The summed E-state index contributed by atoms with van der Waals surface area (Å²) in [5.74, 6) is -0.00863. The lowest BCUT2D eigenvalue weighted by molar-refractivity contribution is -0.114. The number of para-hydroxylation sites is 2. The van der Waals surface area contributed by atoms with Gasteiger partial charge >= 0.3 is 0 Å². The van der Waals surface area contributed by atoms with E-state index in [1.165, 1.54) is 11.1 Å². The molecule has 0 unspecified atom stereocenters. The van der Waals surface area contributed by atoms with Crippen LogP contribution in [0.2, 0.25) is 0 Å². The Morgan fingerprint density at radius 1 is 1.14 bits per heavy atom. The molecule has 0 fully saturated rings. The van der Waals surface area contributed by atoms with Gasteiger partial charge in [0.15, 0.2) is 0 Å². The maximum absolute atomic E-state index is 12.3. The van der Waals surface area contributed by atoms with Gasteiger partial charge in [-0.2, -0.15) is 0 Å². The molecule has 0 spiro atoms. The molecule has 1 amide bonds. The number of nitrogens with zero attached hydrogens (tertiary/aromatic N) is 1. The molecule has 3 nitrogen and oxygen atoms in total. The van der Waals surface area contributed by atoms with Gasteiger partial charge in [-0.25, -0.2) is 0 Å². The van der Waals surface area contributed by atoms with Crippen LogP contribution in [0.3, 0.4) is 0 Å². The van der Waals surface area contributed by atoms with E-state index in [2.05, 4.69) is 31.3 Å². The van der Waals surface area contributed by atoms with Crippen LogP contribution in [0.1, 0.15) is 16.7 Å². The van der Waals surface area contributed by atoms with Gasteiger partial charge in [0, 0.05) is 6.08 Å². The fourth-order valence-corrected chi connectivity index (χ4v) is 2.43. The van der Waals surface area contributed by atoms with Crippen molar-refractivity contribution in [3.63, 3.8) is 0 Å². The first-order chi connectivity index (χ1) is 10.1. The lowest BCUT2D eigenvalue weighted by atomic mass is 10.1. The molecule has 21 heavy (non-hydrogen) atoms. The Bertz CT molecular complexity index is 719. The summed E-state index contributed by atoms with van der Waals surface area (Å²) in [4.78, 5) is 14.1. The van der Waals surface area contributed by atoms with E-state index in [9.17, 15) is 4.79 Å². The molecule has 0 aliphatic carbocycles. The SMILES string of the molecule is Cc1ccc(/C=C/C(=O)N2CNc3ccccc32)cc1C. The number of hydrogen-bond acceptors (Lipinski definition) is 2. The zero-order chi connectivity index (χ0) is 14.8. The maximum atomic E-state index is 12.3. The molecule has 0 saturated heterocycles. The van der Waals surface area contributed by atoms with Crippen molar-refractivity contribution in [1.82, 2.24) is 0 Å². The van der Waals surface area contributed by atoms with Crippen molar-refractivity contribution < 1.29 is 4.79 Å². The number of anilines is 2. The predicted molar refractivity (Wildman–Crippen MR) is 87.4 cm³/mol. The average Bonchev–Trinajstić information content (AvgIpc) is 2.92. The zero-order valence-electron chi connectivity index (χ0n) is 12.3. The molecule has 0 atom stereocenters. The van der Waals surface area contributed by atoms with Gasteiger partial charge in [-0.1, -0.05) is 30.3 Å². The molecule has 0 saturated carbocycles. The van der Waals surface area contributed by atoms with E-state index in [0.717, 1.165) is 16.9 Å². The molecule has 3 heteroatoms. The molecule has 1 aliphatic heterocycles. The lowest BCUT2D eigenvalue weighted by Gasteiger charge is -2.13. The summed E-state index contributed by atoms with van der Waals surface area (Å²) >= 11 is 0. The molecule has 2 aromatic carbocycles. The second-order valence-corrected chi connectivity index (χ2v) is 5.30. The Labute approximate surface area is 124 Å². The number of aryl methyl sites for hydroxylation is 2. The Hall–Kier alpha value is -2.55. The summed E-state index contributed by atoms with van der Waals surface area (Å²) in [5, 5.41) is 3.22. The van der Waals surface area contributed by atoms with Crippen molar-refractivity contribution in [2.75, 3.05) is 16.9 Å². The van der Waals surface area contributed by atoms with Crippen LogP contribution in [0.25, 0.3) is 6.08 Å². The fourth-order valence-electron chi connectivity index (χ4n) is 2.43. The van der Waals surface area contributed by atoms with Crippen molar-refractivity contribution in [3.05, 3.63) is 65.2 Å². The number of amides is 1. The summed E-state index contributed by atoms with van der Waals surface area (Å²) in [6.07, 6.45) is 3.50. The summed E-state index contributed by atoms with van der Waals surface area (Å²) in [5.41, 5.74) is 5.48. The fraction of sp³-hybridized carbons (Fsp3) is 0.167. The highest BCUT2D eigenvalue weighted by atomic mass is 16.2. The molecule has 2 aromatic rings. The molecule has 0 bridgehead atoms. The van der Waals surface area contributed by atoms with Crippen molar-refractivity contribution in [2.45, 2.75) is 13.8 Å². The van der Waals surface area contributed by atoms with E-state index in [-0.39, 0.29) is 5.91 Å². The second kappa shape index (κ2) is 5.44. The zero-order valence-corrected chi connectivity index (χ0v) is 12.3. The van der Waals surface area contributed by atoms with Crippen molar-refractivity contribution in [3.8, 4) is 0 Å². The molecule has 1 heterocycles. The van der Waals surface area contributed by atoms with Crippen molar-refractivity contribution in [2.24, 2.45) is 0 Å². The largest absolute Gasteiger partial charge is 0.366 e. The minimum Gasteiger partial charge on any atom is -0.366 e. The molecule has 0 radical (unpaired) electrons. The van der Waals surface area contributed by atoms with E-state index in [4.69, 9.17) is 0 Å².